The maximum absolute atomic E-state index is 11.7. The summed E-state index contributed by atoms with van der Waals surface area (Å²) in [6.07, 6.45) is 1.43. The molecule has 0 aliphatic carbocycles. The number of fused-ring (bicyclic) bond motifs is 2. The standard InChI is InChI=1S/C14H9N3OS2/c15-17-16-13(18)7-11-10-3-1-2-4-12(10)20-8-9-5-6-19-14(9)11/h1-7H,8H2/b11-7+. The molecule has 1 aromatic heterocycles. The van der Waals surface area contributed by atoms with Gasteiger partial charge in [-0.3, -0.25) is 4.79 Å². The maximum atomic E-state index is 11.7. The first-order valence-electron chi connectivity index (χ1n) is 5.89. The minimum absolute atomic E-state index is 0.566. The number of benzene rings is 1. The fraction of sp³-hybridized carbons (Fsp3) is 0.0714. The van der Waals surface area contributed by atoms with Gasteiger partial charge in [-0.25, -0.2) is 0 Å². The molecule has 0 bridgehead atoms. The van der Waals surface area contributed by atoms with E-state index in [4.69, 9.17) is 5.53 Å². The van der Waals surface area contributed by atoms with Crippen LogP contribution in [0.1, 0.15) is 16.0 Å². The van der Waals surface area contributed by atoms with Crippen molar-refractivity contribution >= 4 is 34.6 Å². The summed E-state index contributed by atoms with van der Waals surface area (Å²) in [4.78, 5) is 16.4. The highest BCUT2D eigenvalue weighted by Gasteiger charge is 2.20. The molecule has 0 saturated heterocycles. The van der Waals surface area contributed by atoms with Crippen molar-refractivity contribution in [2.75, 3.05) is 0 Å². The summed E-state index contributed by atoms with van der Waals surface area (Å²) in [5.41, 5.74) is 11.4. The van der Waals surface area contributed by atoms with E-state index < -0.39 is 5.91 Å². The molecule has 1 aliphatic rings. The van der Waals surface area contributed by atoms with Gasteiger partial charge in [-0.05, 0) is 45.4 Å². The molecule has 0 unspecified atom stereocenters. The van der Waals surface area contributed by atoms with E-state index in [2.05, 4.69) is 16.1 Å². The van der Waals surface area contributed by atoms with Crippen LogP contribution < -0.4 is 0 Å². The van der Waals surface area contributed by atoms with Gasteiger partial charge in [-0.15, -0.1) is 23.1 Å². The number of hydrogen-bond donors (Lipinski definition) is 0. The summed E-state index contributed by atoms with van der Waals surface area (Å²) in [6.45, 7) is 0. The zero-order chi connectivity index (χ0) is 13.9. The number of hydrogen-bond acceptors (Lipinski definition) is 3. The topological polar surface area (TPSA) is 65.8 Å². The number of rotatable bonds is 1. The number of thioether (sulfide) groups is 1. The average Bonchev–Trinajstić information content (AvgIpc) is 2.86. The molecule has 0 fully saturated rings. The molecule has 1 amide bonds. The monoisotopic (exact) mass is 299 g/mol. The molecule has 0 spiro atoms. The van der Waals surface area contributed by atoms with Gasteiger partial charge < -0.3 is 0 Å². The quantitative estimate of drug-likeness (QED) is 0.333. The van der Waals surface area contributed by atoms with Crippen molar-refractivity contribution in [3.63, 3.8) is 0 Å². The molecule has 0 atom stereocenters. The summed E-state index contributed by atoms with van der Waals surface area (Å²) >= 11 is 3.35. The second-order valence-corrected chi connectivity index (χ2v) is 6.08. The molecule has 98 valence electrons. The first kappa shape index (κ1) is 13.0. The van der Waals surface area contributed by atoms with Gasteiger partial charge in [0.25, 0.3) is 0 Å². The highest BCUT2D eigenvalue weighted by molar-refractivity contribution is 7.98. The van der Waals surface area contributed by atoms with E-state index in [1.54, 1.807) is 23.1 Å². The molecule has 2 aromatic rings. The van der Waals surface area contributed by atoms with Crippen LogP contribution in [0.3, 0.4) is 0 Å². The highest BCUT2D eigenvalue weighted by atomic mass is 32.2. The largest absolute Gasteiger partial charge is 0.288 e. The Hall–Kier alpha value is -2.01. The molecule has 20 heavy (non-hydrogen) atoms. The summed E-state index contributed by atoms with van der Waals surface area (Å²) in [6, 6.07) is 10.0. The number of amides is 1. The zero-order valence-electron chi connectivity index (χ0n) is 10.3. The molecule has 2 heterocycles. The highest BCUT2D eigenvalue weighted by Crippen LogP contribution is 2.42. The number of thiophene rings is 1. The molecule has 1 aliphatic heterocycles. The van der Waals surface area contributed by atoms with E-state index in [1.807, 2.05) is 29.6 Å². The third kappa shape index (κ3) is 2.36. The molecule has 6 heteroatoms. The number of carbonyl (C=O) groups is 1. The minimum Gasteiger partial charge on any atom is -0.288 e. The lowest BCUT2D eigenvalue weighted by molar-refractivity contribution is -0.113. The van der Waals surface area contributed by atoms with Crippen molar-refractivity contribution in [1.29, 1.82) is 0 Å². The predicted molar refractivity (Wildman–Crippen MR) is 81.6 cm³/mol. The fourth-order valence-electron chi connectivity index (χ4n) is 2.12. The summed E-state index contributed by atoms with van der Waals surface area (Å²) < 4.78 is 0. The van der Waals surface area contributed by atoms with Crippen molar-refractivity contribution in [3.05, 3.63) is 68.2 Å². The van der Waals surface area contributed by atoms with Crippen LogP contribution in [0.5, 0.6) is 0 Å². The van der Waals surface area contributed by atoms with E-state index in [0.29, 0.717) is 0 Å². The lowest BCUT2D eigenvalue weighted by Gasteiger charge is -2.07. The van der Waals surface area contributed by atoms with Crippen LogP contribution in [0.15, 0.2) is 51.8 Å². The lowest BCUT2D eigenvalue weighted by Crippen LogP contribution is -1.92. The van der Waals surface area contributed by atoms with Gasteiger partial charge in [0.1, 0.15) is 0 Å². The van der Waals surface area contributed by atoms with Gasteiger partial charge in [0, 0.05) is 26.0 Å². The van der Waals surface area contributed by atoms with Crippen LogP contribution in [0, 0.1) is 0 Å². The van der Waals surface area contributed by atoms with Crippen LogP contribution in [0.25, 0.3) is 16.0 Å². The van der Waals surface area contributed by atoms with Crippen LogP contribution in [0.4, 0.5) is 0 Å². The Labute approximate surface area is 123 Å². The van der Waals surface area contributed by atoms with Gasteiger partial charge in [0.15, 0.2) is 0 Å². The molecule has 1 aromatic carbocycles. The smallest absolute Gasteiger partial charge is 0.242 e. The molecular formula is C14H9N3OS2. The van der Waals surface area contributed by atoms with Gasteiger partial charge in [-0.1, -0.05) is 18.2 Å². The van der Waals surface area contributed by atoms with E-state index in [9.17, 15) is 4.79 Å². The van der Waals surface area contributed by atoms with Gasteiger partial charge >= 0.3 is 0 Å². The average molecular weight is 299 g/mol. The Morgan fingerprint density at radius 2 is 2.20 bits per heavy atom. The first-order valence-corrected chi connectivity index (χ1v) is 7.76. The minimum atomic E-state index is -0.566. The van der Waals surface area contributed by atoms with Crippen LogP contribution in [0.2, 0.25) is 0 Å². The molecule has 3 rings (SSSR count). The van der Waals surface area contributed by atoms with Gasteiger partial charge in [0.2, 0.25) is 5.91 Å². The van der Waals surface area contributed by atoms with Gasteiger partial charge in [-0.2, -0.15) is 0 Å². The second kappa shape index (κ2) is 5.54. The number of carbonyl (C=O) groups excluding carboxylic acids is 1. The SMILES string of the molecule is [N-]=[N+]=NC(=O)/C=C1\c2ccccc2SCc2ccsc21. The van der Waals surface area contributed by atoms with Crippen LogP contribution in [-0.4, -0.2) is 5.91 Å². The van der Waals surface area contributed by atoms with Crippen molar-refractivity contribution in [1.82, 2.24) is 0 Å². The van der Waals surface area contributed by atoms with Crippen LogP contribution in [-0.2, 0) is 10.5 Å². The van der Waals surface area contributed by atoms with Crippen LogP contribution >= 0.6 is 23.1 Å². The summed E-state index contributed by atoms with van der Waals surface area (Å²) in [7, 11) is 0. The summed E-state index contributed by atoms with van der Waals surface area (Å²) in [5.74, 6) is 0.312. The van der Waals surface area contributed by atoms with E-state index in [-0.39, 0.29) is 0 Å². The zero-order valence-corrected chi connectivity index (χ0v) is 11.9. The third-order valence-electron chi connectivity index (χ3n) is 2.96. The predicted octanol–water partition coefficient (Wildman–Crippen LogP) is 4.62. The third-order valence-corrected chi connectivity index (χ3v) is 5.08. The maximum Gasteiger partial charge on any atom is 0.242 e. The van der Waals surface area contributed by atoms with Gasteiger partial charge in [0.05, 0.1) is 0 Å². The molecule has 4 nitrogen and oxygen atoms in total. The summed E-state index contributed by atoms with van der Waals surface area (Å²) in [5, 5.41) is 5.16. The second-order valence-electron chi connectivity index (χ2n) is 4.15. The Morgan fingerprint density at radius 3 is 3.05 bits per heavy atom. The molecule has 0 radical (unpaired) electrons. The fourth-order valence-corrected chi connectivity index (χ4v) is 4.23. The van der Waals surface area contributed by atoms with Crippen molar-refractivity contribution in [2.24, 2.45) is 5.11 Å². The Balaban J connectivity index is 2.22. The van der Waals surface area contributed by atoms with Crippen molar-refractivity contribution < 1.29 is 4.79 Å². The normalized spacial score (nSPS) is 14.9. The Morgan fingerprint density at radius 1 is 1.35 bits per heavy atom. The lowest BCUT2D eigenvalue weighted by atomic mass is 10.0. The number of azide groups is 1. The molecule has 0 saturated carbocycles. The van der Waals surface area contributed by atoms with Crippen molar-refractivity contribution in [3.8, 4) is 0 Å². The Bertz CT molecular complexity index is 757. The van der Waals surface area contributed by atoms with E-state index in [1.165, 1.54) is 11.6 Å². The molecular weight excluding hydrogens is 290 g/mol. The first-order chi connectivity index (χ1) is 9.79. The van der Waals surface area contributed by atoms with E-state index in [0.717, 1.165) is 26.7 Å². The van der Waals surface area contributed by atoms with E-state index >= 15 is 0 Å². The molecule has 0 N–H and O–H groups in total. The Kier molecular flexibility index (Phi) is 3.60. The number of nitrogens with zero attached hydrogens (tertiary/aromatic N) is 3. The van der Waals surface area contributed by atoms with Crippen molar-refractivity contribution in [2.45, 2.75) is 10.6 Å².